The highest BCUT2D eigenvalue weighted by Gasteiger charge is 2.68. The van der Waals surface area contributed by atoms with Gasteiger partial charge in [0.15, 0.2) is 0 Å². The Hall–Kier alpha value is 0.200. The smallest absolute Gasteiger partial charge is 0.233 e. The van der Waals surface area contributed by atoms with E-state index in [0.29, 0.717) is 0 Å². The quantitative estimate of drug-likeness (QED) is 0.342. The lowest BCUT2D eigenvalue weighted by molar-refractivity contribution is -0.146. The summed E-state index contributed by atoms with van der Waals surface area (Å²) < 4.78 is 0. The molecule has 2 heterocycles. The molecular formula is C20H20Br4N2O4. The average molecular weight is 672 g/mol. The molecule has 6 nitrogen and oxygen atoms in total. The summed E-state index contributed by atoms with van der Waals surface area (Å²) in [5.41, 5.74) is 0. The first kappa shape index (κ1) is 20.8. The number of hydrogen-bond acceptors (Lipinski definition) is 4. The van der Waals surface area contributed by atoms with Gasteiger partial charge in [-0.3, -0.25) is 29.0 Å². The van der Waals surface area contributed by atoms with Gasteiger partial charge in [-0.15, -0.1) is 0 Å². The molecule has 10 heteroatoms. The molecule has 4 bridgehead atoms. The van der Waals surface area contributed by atoms with E-state index in [2.05, 4.69) is 63.7 Å². The highest BCUT2D eigenvalue weighted by atomic mass is 79.9. The van der Waals surface area contributed by atoms with Gasteiger partial charge in [-0.1, -0.05) is 63.7 Å². The molecule has 30 heavy (non-hydrogen) atoms. The van der Waals surface area contributed by atoms with E-state index >= 15 is 0 Å². The number of imide groups is 2. The van der Waals surface area contributed by atoms with Gasteiger partial charge >= 0.3 is 0 Å². The zero-order valence-electron chi connectivity index (χ0n) is 15.8. The molecule has 0 aromatic rings. The number of amides is 4. The highest BCUT2D eigenvalue weighted by molar-refractivity contribution is 9.12. The van der Waals surface area contributed by atoms with E-state index in [4.69, 9.17) is 0 Å². The fraction of sp³-hybridized carbons (Fsp3) is 0.800. The number of likely N-dealkylation sites (tertiary alicyclic amines) is 2. The van der Waals surface area contributed by atoms with Gasteiger partial charge < -0.3 is 0 Å². The molecule has 2 aliphatic heterocycles. The summed E-state index contributed by atoms with van der Waals surface area (Å²) in [6.07, 6.45) is 1.78. The molecule has 0 aromatic heterocycles. The summed E-state index contributed by atoms with van der Waals surface area (Å²) in [7, 11) is 0. The third-order valence-electron chi connectivity index (χ3n) is 8.70. The lowest BCUT2D eigenvalue weighted by atomic mass is 9.81. The van der Waals surface area contributed by atoms with Crippen molar-refractivity contribution in [3.8, 4) is 0 Å². The fourth-order valence-electron chi connectivity index (χ4n) is 7.46. The first-order valence-electron chi connectivity index (χ1n) is 10.5. The molecule has 0 N–H and O–H groups in total. The summed E-state index contributed by atoms with van der Waals surface area (Å²) in [6, 6.07) is 0. The van der Waals surface area contributed by atoms with Crippen molar-refractivity contribution in [2.75, 3.05) is 13.1 Å². The number of nitrogens with zero attached hydrogens (tertiary/aromatic N) is 2. The number of carbonyl (C=O) groups excluding carboxylic acids is 4. The van der Waals surface area contributed by atoms with Gasteiger partial charge in [-0.25, -0.2) is 0 Å². The minimum absolute atomic E-state index is 0.117. The summed E-state index contributed by atoms with van der Waals surface area (Å²) in [4.78, 5) is 55.7. The van der Waals surface area contributed by atoms with Crippen LogP contribution in [0.2, 0.25) is 0 Å². The summed E-state index contributed by atoms with van der Waals surface area (Å²) in [6.45, 7) is 0.234. The first-order valence-corrected chi connectivity index (χ1v) is 14.2. The van der Waals surface area contributed by atoms with Crippen LogP contribution < -0.4 is 0 Å². The van der Waals surface area contributed by atoms with Crippen molar-refractivity contribution < 1.29 is 19.2 Å². The van der Waals surface area contributed by atoms with Crippen LogP contribution in [0.3, 0.4) is 0 Å². The van der Waals surface area contributed by atoms with Gasteiger partial charge in [0.2, 0.25) is 23.6 Å². The van der Waals surface area contributed by atoms with Crippen LogP contribution in [-0.2, 0) is 19.2 Å². The lowest BCUT2D eigenvalue weighted by Gasteiger charge is -2.28. The summed E-state index contributed by atoms with van der Waals surface area (Å²) in [5, 5.41) is 0. The maximum atomic E-state index is 13.1. The van der Waals surface area contributed by atoms with Crippen molar-refractivity contribution in [2.45, 2.75) is 32.2 Å². The molecule has 2 saturated heterocycles. The number of hydrogen-bond donors (Lipinski definition) is 0. The van der Waals surface area contributed by atoms with Gasteiger partial charge in [0.05, 0.1) is 23.7 Å². The molecule has 0 aromatic carbocycles. The molecule has 0 radical (unpaired) electrons. The van der Waals surface area contributed by atoms with E-state index < -0.39 is 0 Å². The molecule has 4 aliphatic carbocycles. The Kier molecular flexibility index (Phi) is 4.75. The number of rotatable bonds is 3. The average Bonchev–Trinajstić information content (AvgIpc) is 3.50. The lowest BCUT2D eigenvalue weighted by Crippen LogP contribution is -2.42. The third-order valence-corrected chi connectivity index (χ3v) is 15.1. The van der Waals surface area contributed by atoms with Gasteiger partial charge in [0.1, 0.15) is 0 Å². The maximum Gasteiger partial charge on any atom is 0.233 e. The van der Waals surface area contributed by atoms with Crippen molar-refractivity contribution >= 4 is 87.3 Å². The molecule has 0 unspecified atom stereocenters. The number of carbonyl (C=O) groups is 4. The highest BCUT2D eigenvalue weighted by Crippen LogP contribution is 2.61. The van der Waals surface area contributed by atoms with Gasteiger partial charge in [-0.2, -0.15) is 0 Å². The monoisotopic (exact) mass is 668 g/mol. The second kappa shape index (κ2) is 6.86. The molecule has 4 amide bonds. The second-order valence-electron chi connectivity index (χ2n) is 9.66. The van der Waals surface area contributed by atoms with Crippen LogP contribution in [-0.4, -0.2) is 65.8 Å². The number of fused-ring (bicyclic) bond motifs is 10. The summed E-state index contributed by atoms with van der Waals surface area (Å²) in [5.74, 6) is -0.857. The van der Waals surface area contributed by atoms with Crippen LogP contribution in [0.5, 0.6) is 0 Å². The zero-order chi connectivity index (χ0) is 21.2. The van der Waals surface area contributed by atoms with E-state index in [1.54, 1.807) is 0 Å². The standard InChI is InChI=1S/C20H20Br4N2O4/c21-13-5-3-6(14(13)22)10-9(5)17(27)25(18(10)28)1-2-26-19(29)11-7-4-8(12(11)20(26)30)16(24)15(7)23/h5-16H,1-4H2/t5-,6-,7-,8-,9-,10+,11-,12+,13-,14+,15-,16+/m1/s1. The van der Waals surface area contributed by atoms with E-state index in [-0.39, 0.29) is 103 Å². The zero-order valence-corrected chi connectivity index (χ0v) is 22.1. The Morgan fingerprint density at radius 3 is 1.00 bits per heavy atom. The molecule has 6 rings (SSSR count). The maximum absolute atomic E-state index is 13.1. The van der Waals surface area contributed by atoms with Gasteiger partial charge in [0, 0.05) is 32.4 Å². The van der Waals surface area contributed by atoms with Crippen LogP contribution in [0.4, 0.5) is 0 Å². The predicted molar refractivity (Wildman–Crippen MR) is 121 cm³/mol. The molecule has 162 valence electrons. The Morgan fingerprint density at radius 1 is 0.533 bits per heavy atom. The molecule has 6 aliphatic rings. The Labute approximate surface area is 207 Å². The largest absolute Gasteiger partial charge is 0.280 e. The van der Waals surface area contributed by atoms with Crippen LogP contribution in [0.1, 0.15) is 12.8 Å². The molecule has 12 atom stereocenters. The van der Waals surface area contributed by atoms with E-state index in [1.807, 2.05) is 0 Å². The Bertz CT molecular complexity index is 751. The van der Waals surface area contributed by atoms with Crippen LogP contribution in [0, 0.1) is 47.3 Å². The van der Waals surface area contributed by atoms with Crippen LogP contribution in [0.25, 0.3) is 0 Å². The van der Waals surface area contributed by atoms with E-state index in [1.165, 1.54) is 9.80 Å². The van der Waals surface area contributed by atoms with Crippen LogP contribution in [0.15, 0.2) is 0 Å². The molecule has 6 fully saturated rings. The van der Waals surface area contributed by atoms with Crippen molar-refractivity contribution in [1.29, 1.82) is 0 Å². The third kappa shape index (κ3) is 2.40. The normalized spacial score (nSPS) is 53.5. The molecule has 4 saturated carbocycles. The number of halogens is 4. The van der Waals surface area contributed by atoms with Crippen molar-refractivity contribution in [1.82, 2.24) is 9.80 Å². The van der Waals surface area contributed by atoms with Crippen molar-refractivity contribution in [3.05, 3.63) is 0 Å². The topological polar surface area (TPSA) is 74.8 Å². The molecule has 0 spiro atoms. The minimum Gasteiger partial charge on any atom is -0.280 e. The van der Waals surface area contributed by atoms with Crippen molar-refractivity contribution in [2.24, 2.45) is 47.3 Å². The summed E-state index contributed by atoms with van der Waals surface area (Å²) >= 11 is 14.8. The first-order chi connectivity index (χ1) is 14.2. The van der Waals surface area contributed by atoms with E-state index in [9.17, 15) is 19.2 Å². The van der Waals surface area contributed by atoms with Gasteiger partial charge in [0.25, 0.3) is 0 Å². The fourth-order valence-corrected chi connectivity index (χ4v) is 11.2. The second-order valence-corrected chi connectivity index (χ2v) is 13.9. The number of alkyl halides is 4. The minimum atomic E-state index is -0.260. The van der Waals surface area contributed by atoms with Crippen LogP contribution >= 0.6 is 63.7 Å². The SMILES string of the molecule is O=C1[C@@H]2[C@H]3C[C@@H]([C@H](Br)[C@@H]3Br)[C@@H]2C(=O)N1CCN1C(=O)[C@@H]2[C@H]3C[C@@H]([C@H](Br)[C@@H]3Br)[C@@H]2C1=O. The molecular weight excluding hydrogens is 652 g/mol. The van der Waals surface area contributed by atoms with Crippen molar-refractivity contribution in [3.63, 3.8) is 0 Å². The Balaban J connectivity index is 1.18. The van der Waals surface area contributed by atoms with Gasteiger partial charge in [-0.05, 0) is 36.5 Å². The van der Waals surface area contributed by atoms with E-state index in [0.717, 1.165) is 12.8 Å². The predicted octanol–water partition coefficient (Wildman–Crippen LogP) is 2.54. The Morgan fingerprint density at radius 2 is 0.767 bits per heavy atom.